The molecule has 1 aliphatic carbocycles. The van der Waals surface area contributed by atoms with Crippen molar-refractivity contribution in [2.75, 3.05) is 13.6 Å². The van der Waals surface area contributed by atoms with Crippen molar-refractivity contribution in [1.29, 1.82) is 0 Å². The standard InChI is InChI=1S/C24H29N5O/c1-28(17-19-6-4-3-5-7-19)24(30)23-21-16-20(8-9-22(21)29(2)27-23)26-15-12-18-10-13-25-14-11-18/h3-7,10-11,13-14,20,26H,8-9,12,15-17H2,1-2H3/t20-/m0/s1. The topological polar surface area (TPSA) is 63.1 Å². The number of amides is 1. The summed E-state index contributed by atoms with van der Waals surface area (Å²) < 4.78 is 1.89. The third-order valence-corrected chi connectivity index (χ3v) is 5.86. The van der Waals surface area contributed by atoms with Crippen LogP contribution in [0, 0.1) is 0 Å². The number of carbonyl (C=O) groups excluding carboxylic acids is 1. The van der Waals surface area contributed by atoms with E-state index >= 15 is 0 Å². The van der Waals surface area contributed by atoms with Gasteiger partial charge in [-0.05, 0) is 55.5 Å². The molecule has 1 N–H and O–H groups in total. The second-order valence-electron chi connectivity index (χ2n) is 8.04. The number of benzene rings is 1. The number of aryl methyl sites for hydroxylation is 1. The number of carbonyl (C=O) groups is 1. The largest absolute Gasteiger partial charge is 0.336 e. The second-order valence-corrected chi connectivity index (χ2v) is 8.04. The minimum Gasteiger partial charge on any atom is -0.336 e. The molecule has 0 saturated carbocycles. The molecule has 0 spiro atoms. The molecule has 156 valence electrons. The summed E-state index contributed by atoms with van der Waals surface area (Å²) in [6, 6.07) is 14.6. The quantitative estimate of drug-likeness (QED) is 0.659. The zero-order chi connectivity index (χ0) is 20.9. The van der Waals surface area contributed by atoms with Gasteiger partial charge in [0.15, 0.2) is 5.69 Å². The maximum atomic E-state index is 13.2. The van der Waals surface area contributed by atoms with E-state index in [-0.39, 0.29) is 5.91 Å². The first-order valence-electron chi connectivity index (χ1n) is 10.6. The summed E-state index contributed by atoms with van der Waals surface area (Å²) in [5.41, 5.74) is 5.31. The van der Waals surface area contributed by atoms with Crippen LogP contribution >= 0.6 is 0 Å². The Hall–Kier alpha value is -2.99. The van der Waals surface area contributed by atoms with E-state index in [1.165, 1.54) is 11.3 Å². The Kier molecular flexibility index (Phi) is 6.23. The number of hydrogen-bond donors (Lipinski definition) is 1. The van der Waals surface area contributed by atoms with E-state index in [1.54, 1.807) is 4.90 Å². The maximum absolute atomic E-state index is 13.2. The molecule has 0 bridgehead atoms. The van der Waals surface area contributed by atoms with Crippen molar-refractivity contribution >= 4 is 5.91 Å². The fourth-order valence-electron chi connectivity index (χ4n) is 4.22. The van der Waals surface area contributed by atoms with Gasteiger partial charge in [0.25, 0.3) is 5.91 Å². The highest BCUT2D eigenvalue weighted by molar-refractivity contribution is 5.94. The van der Waals surface area contributed by atoms with Gasteiger partial charge in [0.2, 0.25) is 0 Å². The molecule has 30 heavy (non-hydrogen) atoms. The highest BCUT2D eigenvalue weighted by Crippen LogP contribution is 2.25. The van der Waals surface area contributed by atoms with E-state index in [1.807, 2.05) is 61.5 Å². The number of nitrogens with one attached hydrogen (secondary N) is 1. The fraction of sp³-hybridized carbons (Fsp3) is 0.375. The number of fused-ring (bicyclic) bond motifs is 1. The van der Waals surface area contributed by atoms with Crippen LogP contribution in [0.15, 0.2) is 54.9 Å². The van der Waals surface area contributed by atoms with Crippen molar-refractivity contribution in [3.63, 3.8) is 0 Å². The number of rotatable bonds is 7. The lowest BCUT2D eigenvalue weighted by Crippen LogP contribution is -2.37. The third kappa shape index (κ3) is 4.60. The summed E-state index contributed by atoms with van der Waals surface area (Å²) in [4.78, 5) is 19.0. The molecule has 1 amide bonds. The molecule has 1 aliphatic rings. The molecule has 4 rings (SSSR count). The average Bonchev–Trinajstić information content (AvgIpc) is 3.10. The molecular formula is C24H29N5O. The van der Waals surface area contributed by atoms with Gasteiger partial charge in [0.05, 0.1) is 0 Å². The van der Waals surface area contributed by atoms with Gasteiger partial charge in [-0.25, -0.2) is 0 Å². The van der Waals surface area contributed by atoms with Gasteiger partial charge in [-0.3, -0.25) is 14.5 Å². The van der Waals surface area contributed by atoms with Crippen LogP contribution in [0.2, 0.25) is 0 Å². The highest BCUT2D eigenvalue weighted by Gasteiger charge is 2.29. The van der Waals surface area contributed by atoms with Crippen molar-refractivity contribution in [1.82, 2.24) is 25.0 Å². The number of pyridine rings is 1. The molecule has 2 heterocycles. The van der Waals surface area contributed by atoms with Gasteiger partial charge in [-0.1, -0.05) is 30.3 Å². The van der Waals surface area contributed by atoms with Crippen LogP contribution in [0.4, 0.5) is 0 Å². The summed E-state index contributed by atoms with van der Waals surface area (Å²) in [5, 5.41) is 8.28. The van der Waals surface area contributed by atoms with Crippen molar-refractivity contribution in [2.45, 2.75) is 38.3 Å². The lowest BCUT2D eigenvalue weighted by Gasteiger charge is -2.25. The summed E-state index contributed by atoms with van der Waals surface area (Å²) in [7, 11) is 3.80. The zero-order valence-electron chi connectivity index (χ0n) is 17.7. The average molecular weight is 404 g/mol. The highest BCUT2D eigenvalue weighted by atomic mass is 16.2. The lowest BCUT2D eigenvalue weighted by atomic mass is 9.91. The molecule has 1 aromatic carbocycles. The molecule has 1 atom stereocenters. The second kappa shape index (κ2) is 9.22. The molecular weight excluding hydrogens is 374 g/mol. The Morgan fingerprint density at radius 3 is 2.70 bits per heavy atom. The Balaban J connectivity index is 1.41. The molecule has 0 fully saturated rings. The normalized spacial score (nSPS) is 15.6. The van der Waals surface area contributed by atoms with Crippen molar-refractivity contribution in [2.24, 2.45) is 7.05 Å². The summed E-state index contributed by atoms with van der Waals surface area (Å²) in [6.07, 6.45) is 7.51. The number of nitrogens with zero attached hydrogens (tertiary/aromatic N) is 4. The SMILES string of the molecule is CN(Cc1ccccc1)C(=O)c1nn(C)c2c1C[C@@H](NCCc1ccncc1)CC2. The smallest absolute Gasteiger partial charge is 0.274 e. The van der Waals surface area contributed by atoms with Crippen LogP contribution in [0.1, 0.15) is 39.3 Å². The Morgan fingerprint density at radius 2 is 1.93 bits per heavy atom. The van der Waals surface area contributed by atoms with Gasteiger partial charge in [-0.15, -0.1) is 0 Å². The van der Waals surface area contributed by atoms with E-state index in [0.717, 1.165) is 43.4 Å². The summed E-state index contributed by atoms with van der Waals surface area (Å²) in [5.74, 6) is -0.00635. The first-order valence-corrected chi connectivity index (χ1v) is 10.6. The zero-order valence-corrected chi connectivity index (χ0v) is 17.7. The maximum Gasteiger partial charge on any atom is 0.274 e. The molecule has 6 nitrogen and oxygen atoms in total. The first kappa shape index (κ1) is 20.3. The Bertz CT molecular complexity index is 984. The molecule has 0 unspecified atom stereocenters. The summed E-state index contributed by atoms with van der Waals surface area (Å²) >= 11 is 0. The van der Waals surface area contributed by atoms with E-state index < -0.39 is 0 Å². The predicted octanol–water partition coefficient (Wildman–Crippen LogP) is 2.78. The monoisotopic (exact) mass is 403 g/mol. The third-order valence-electron chi connectivity index (χ3n) is 5.86. The van der Waals surface area contributed by atoms with Gasteiger partial charge >= 0.3 is 0 Å². The molecule has 0 saturated heterocycles. The van der Waals surface area contributed by atoms with Gasteiger partial charge in [-0.2, -0.15) is 5.10 Å². The predicted molar refractivity (Wildman–Crippen MR) is 117 cm³/mol. The molecule has 0 radical (unpaired) electrons. The van der Waals surface area contributed by atoms with Crippen molar-refractivity contribution in [3.05, 3.63) is 82.9 Å². The van der Waals surface area contributed by atoms with Gasteiger partial charge in [0.1, 0.15) is 0 Å². The van der Waals surface area contributed by atoms with Crippen molar-refractivity contribution in [3.8, 4) is 0 Å². The number of hydrogen-bond acceptors (Lipinski definition) is 4. The van der Waals surface area contributed by atoms with E-state index in [4.69, 9.17) is 0 Å². The fourth-order valence-corrected chi connectivity index (χ4v) is 4.22. The molecule has 0 aliphatic heterocycles. The first-order chi connectivity index (χ1) is 14.6. The van der Waals surface area contributed by atoms with Crippen LogP contribution in [0.5, 0.6) is 0 Å². The van der Waals surface area contributed by atoms with Crippen LogP contribution in [-0.4, -0.2) is 45.2 Å². The minimum atomic E-state index is -0.00635. The molecule has 2 aromatic heterocycles. The molecule has 6 heteroatoms. The van der Waals surface area contributed by atoms with E-state index in [0.29, 0.717) is 18.3 Å². The summed E-state index contributed by atoms with van der Waals surface area (Å²) in [6.45, 7) is 1.50. The van der Waals surface area contributed by atoms with E-state index in [9.17, 15) is 4.79 Å². The lowest BCUT2D eigenvalue weighted by molar-refractivity contribution is 0.0777. The van der Waals surface area contributed by atoms with Gasteiger partial charge in [0, 0.05) is 50.3 Å². The van der Waals surface area contributed by atoms with Gasteiger partial charge < -0.3 is 10.2 Å². The van der Waals surface area contributed by atoms with Crippen molar-refractivity contribution < 1.29 is 4.79 Å². The van der Waals surface area contributed by atoms with Crippen LogP contribution < -0.4 is 5.32 Å². The van der Waals surface area contributed by atoms with Crippen LogP contribution in [0.25, 0.3) is 0 Å². The van der Waals surface area contributed by atoms with Crippen LogP contribution in [-0.2, 0) is 32.9 Å². The van der Waals surface area contributed by atoms with Crippen LogP contribution in [0.3, 0.4) is 0 Å². The minimum absolute atomic E-state index is 0.00635. The Morgan fingerprint density at radius 1 is 1.17 bits per heavy atom. The molecule has 3 aromatic rings. The van der Waals surface area contributed by atoms with E-state index in [2.05, 4.69) is 27.5 Å². The number of aromatic nitrogens is 3. The Labute approximate surface area is 177 Å².